The van der Waals surface area contributed by atoms with Crippen LogP contribution in [0.25, 0.3) is 10.9 Å². The minimum absolute atomic E-state index is 0.314. The first-order chi connectivity index (χ1) is 9.97. The van der Waals surface area contributed by atoms with Gasteiger partial charge in [-0.25, -0.2) is 0 Å². The van der Waals surface area contributed by atoms with Crippen molar-refractivity contribution in [2.45, 2.75) is 32.9 Å². The molecular formula is C16H17BrN2O2. The molecule has 5 heteroatoms. The molecule has 0 spiro atoms. The average molecular weight is 349 g/mol. The Morgan fingerprint density at radius 2 is 2.19 bits per heavy atom. The first-order valence-corrected chi connectivity index (χ1v) is 7.93. The van der Waals surface area contributed by atoms with E-state index in [1.165, 1.54) is 4.90 Å². The highest BCUT2D eigenvalue weighted by Gasteiger charge is 2.27. The predicted molar refractivity (Wildman–Crippen MR) is 82.1 cm³/mol. The number of aromatic carboxylic acids is 1. The molecule has 1 aromatic carbocycles. The molecule has 1 atom stereocenters. The molecule has 0 amide bonds. The number of carbonyl (C=O) groups is 1. The molecule has 0 radical (unpaired) electrons. The highest BCUT2D eigenvalue weighted by molar-refractivity contribution is 9.10. The molecule has 3 rings (SSSR count). The standard InChI is InChI=1S/C16H17BrN2O2/c1-9(2)19-6-5-14-12(8-19)15(16(20)21)11-7-10(17)3-4-13(11)18-14/h3-4,7,9H,5-6,8H2,1-2H3,(H,20,21). The van der Waals surface area contributed by atoms with Crippen molar-refractivity contribution >= 4 is 32.8 Å². The van der Waals surface area contributed by atoms with Crippen LogP contribution in [0.3, 0.4) is 0 Å². The van der Waals surface area contributed by atoms with Gasteiger partial charge >= 0.3 is 0 Å². The second-order valence-electron chi connectivity index (χ2n) is 5.85. The summed E-state index contributed by atoms with van der Waals surface area (Å²) in [5, 5.41) is 12.4. The maximum absolute atomic E-state index is 11.7. The number of carboxylic acid groups (broad SMARTS) is 1. The Morgan fingerprint density at radius 3 is 2.86 bits per heavy atom. The van der Waals surface area contributed by atoms with E-state index in [4.69, 9.17) is 0 Å². The number of aromatic nitrogens is 1. The molecule has 2 aromatic rings. The lowest BCUT2D eigenvalue weighted by Gasteiger charge is -2.30. The van der Waals surface area contributed by atoms with Crippen molar-refractivity contribution in [3.05, 3.63) is 39.5 Å². The van der Waals surface area contributed by atoms with Gasteiger partial charge in [-0.1, -0.05) is 15.9 Å². The van der Waals surface area contributed by atoms with Crippen LogP contribution in [0.2, 0.25) is 0 Å². The van der Waals surface area contributed by atoms with Crippen molar-refractivity contribution in [1.82, 2.24) is 4.98 Å². The maximum Gasteiger partial charge on any atom is 0.105 e. The van der Waals surface area contributed by atoms with Crippen molar-refractivity contribution in [3.63, 3.8) is 0 Å². The Labute approximate surface area is 131 Å². The number of carboxylic acids is 1. The molecule has 0 saturated heterocycles. The number of hydrogen-bond acceptors (Lipinski definition) is 3. The van der Waals surface area contributed by atoms with Crippen molar-refractivity contribution in [3.8, 4) is 0 Å². The molecule has 4 nitrogen and oxygen atoms in total. The van der Waals surface area contributed by atoms with Gasteiger partial charge in [-0.3, -0.25) is 4.98 Å². The lowest BCUT2D eigenvalue weighted by molar-refractivity contribution is -0.937. The van der Waals surface area contributed by atoms with E-state index in [-0.39, 0.29) is 0 Å². The molecule has 0 bridgehead atoms. The highest BCUT2D eigenvalue weighted by atomic mass is 79.9. The molecule has 1 aliphatic rings. The number of hydrogen-bond donors (Lipinski definition) is 1. The van der Waals surface area contributed by atoms with Gasteiger partial charge < -0.3 is 14.8 Å². The largest absolute Gasteiger partial charge is 0.545 e. The summed E-state index contributed by atoms with van der Waals surface area (Å²) in [4.78, 5) is 17.8. The average Bonchev–Trinajstić information content (AvgIpc) is 2.43. The van der Waals surface area contributed by atoms with Crippen molar-refractivity contribution in [2.75, 3.05) is 6.54 Å². The number of nitrogens with zero attached hydrogens (tertiary/aromatic N) is 1. The zero-order valence-corrected chi connectivity index (χ0v) is 13.7. The van der Waals surface area contributed by atoms with Crippen molar-refractivity contribution in [1.29, 1.82) is 0 Å². The van der Waals surface area contributed by atoms with Gasteiger partial charge in [-0.05, 0) is 32.0 Å². The van der Waals surface area contributed by atoms with Crippen LogP contribution in [0.15, 0.2) is 22.7 Å². The van der Waals surface area contributed by atoms with Gasteiger partial charge in [0.2, 0.25) is 0 Å². The van der Waals surface area contributed by atoms with Crippen LogP contribution in [0, 0.1) is 0 Å². The number of rotatable bonds is 2. The number of benzene rings is 1. The first kappa shape index (κ1) is 14.5. The van der Waals surface area contributed by atoms with Crippen LogP contribution < -0.4 is 10.0 Å². The third kappa shape index (κ3) is 2.56. The Bertz CT molecular complexity index is 728. The van der Waals surface area contributed by atoms with Gasteiger partial charge in [-0.2, -0.15) is 0 Å². The fourth-order valence-electron chi connectivity index (χ4n) is 3.04. The van der Waals surface area contributed by atoms with Gasteiger partial charge in [0.1, 0.15) is 6.54 Å². The molecule has 0 saturated carbocycles. The zero-order valence-electron chi connectivity index (χ0n) is 12.1. The summed E-state index contributed by atoms with van der Waals surface area (Å²) in [6.07, 6.45) is 0.815. The number of pyridine rings is 1. The summed E-state index contributed by atoms with van der Waals surface area (Å²) in [5.41, 5.74) is 2.79. The molecule has 0 fully saturated rings. The Kier molecular flexibility index (Phi) is 3.71. The molecular weight excluding hydrogens is 332 g/mol. The number of fused-ring (bicyclic) bond motifs is 2. The third-order valence-electron chi connectivity index (χ3n) is 4.24. The van der Waals surface area contributed by atoms with E-state index in [9.17, 15) is 9.90 Å². The van der Waals surface area contributed by atoms with Crippen LogP contribution in [0.1, 0.15) is 35.5 Å². The van der Waals surface area contributed by atoms with Crippen LogP contribution in [-0.4, -0.2) is 23.5 Å². The number of carbonyl (C=O) groups excluding carboxylic acids is 1. The number of halogens is 1. The normalized spacial score (nSPS) is 18.0. The third-order valence-corrected chi connectivity index (χ3v) is 4.73. The van der Waals surface area contributed by atoms with Crippen LogP contribution in [0.4, 0.5) is 0 Å². The molecule has 0 aliphatic carbocycles. The van der Waals surface area contributed by atoms with E-state index in [0.29, 0.717) is 23.5 Å². The van der Waals surface area contributed by atoms with Gasteiger partial charge in [0, 0.05) is 27.4 Å². The number of quaternary nitrogens is 1. The lowest BCUT2D eigenvalue weighted by Crippen LogP contribution is -3.14. The van der Waals surface area contributed by atoms with Gasteiger partial charge in [0.25, 0.3) is 0 Å². The maximum atomic E-state index is 11.7. The summed E-state index contributed by atoms with van der Waals surface area (Å²) in [5.74, 6) is -1.11. The molecule has 1 aromatic heterocycles. The van der Waals surface area contributed by atoms with Crippen molar-refractivity contribution in [2.24, 2.45) is 0 Å². The quantitative estimate of drug-likeness (QED) is 0.869. The number of nitrogens with one attached hydrogen (secondary N) is 1. The molecule has 21 heavy (non-hydrogen) atoms. The summed E-state index contributed by atoms with van der Waals surface area (Å²) >= 11 is 3.40. The summed E-state index contributed by atoms with van der Waals surface area (Å²) in [7, 11) is 0. The van der Waals surface area contributed by atoms with E-state index in [0.717, 1.165) is 34.2 Å². The monoisotopic (exact) mass is 348 g/mol. The lowest BCUT2D eigenvalue weighted by atomic mass is 9.95. The van der Waals surface area contributed by atoms with E-state index in [1.807, 2.05) is 18.2 Å². The Morgan fingerprint density at radius 1 is 1.43 bits per heavy atom. The minimum atomic E-state index is -1.11. The summed E-state index contributed by atoms with van der Waals surface area (Å²) in [6.45, 7) is 6.01. The van der Waals surface area contributed by atoms with E-state index in [2.05, 4.69) is 34.8 Å². The molecule has 1 N–H and O–H groups in total. The Hall–Kier alpha value is -1.46. The van der Waals surface area contributed by atoms with E-state index >= 15 is 0 Å². The minimum Gasteiger partial charge on any atom is -0.545 e. The van der Waals surface area contributed by atoms with Crippen molar-refractivity contribution < 1.29 is 14.8 Å². The van der Waals surface area contributed by atoms with Gasteiger partial charge in [0.05, 0.1) is 29.8 Å². The first-order valence-electron chi connectivity index (χ1n) is 7.14. The predicted octanol–water partition coefficient (Wildman–Crippen LogP) is 0.710. The molecule has 1 unspecified atom stereocenters. The summed E-state index contributed by atoms with van der Waals surface area (Å²) in [6, 6.07) is 6.02. The van der Waals surface area contributed by atoms with Gasteiger partial charge in [-0.15, -0.1) is 0 Å². The second kappa shape index (κ2) is 5.39. The zero-order chi connectivity index (χ0) is 15.1. The Balaban J connectivity index is 2.26. The fourth-order valence-corrected chi connectivity index (χ4v) is 3.40. The van der Waals surface area contributed by atoms with E-state index in [1.54, 1.807) is 0 Å². The smallest absolute Gasteiger partial charge is 0.105 e. The fraction of sp³-hybridized carbons (Fsp3) is 0.375. The topological polar surface area (TPSA) is 57.5 Å². The second-order valence-corrected chi connectivity index (χ2v) is 6.77. The van der Waals surface area contributed by atoms with Gasteiger partial charge in [0.15, 0.2) is 0 Å². The van der Waals surface area contributed by atoms with Crippen LogP contribution >= 0.6 is 15.9 Å². The highest BCUT2D eigenvalue weighted by Crippen LogP contribution is 2.27. The SMILES string of the molecule is CC(C)[NH+]1CCc2nc3ccc(Br)cc3c(C(=O)[O-])c2C1. The van der Waals surface area contributed by atoms with Crippen LogP contribution in [0.5, 0.6) is 0 Å². The molecule has 2 heterocycles. The molecule has 110 valence electrons. The van der Waals surface area contributed by atoms with Crippen LogP contribution in [-0.2, 0) is 13.0 Å². The van der Waals surface area contributed by atoms with E-state index < -0.39 is 5.97 Å². The summed E-state index contributed by atoms with van der Waals surface area (Å²) < 4.78 is 0.850. The molecule has 1 aliphatic heterocycles.